The van der Waals surface area contributed by atoms with Crippen molar-refractivity contribution < 1.29 is 4.79 Å². The molecule has 4 heteroatoms. The molecule has 1 amide bonds. The molecule has 2 aromatic carbocycles. The topological polar surface area (TPSA) is 23.6 Å². The number of hydrogen-bond acceptors (Lipinski definition) is 3. The monoisotopic (exact) mass is 354 g/mol. The van der Waals surface area contributed by atoms with Crippen LogP contribution in [-0.4, -0.2) is 42.7 Å². The van der Waals surface area contributed by atoms with Crippen molar-refractivity contribution in [3.63, 3.8) is 0 Å². The van der Waals surface area contributed by atoms with Gasteiger partial charge in [-0.3, -0.25) is 4.79 Å². The number of piperazine rings is 1. The minimum atomic E-state index is 0.164. The summed E-state index contributed by atoms with van der Waals surface area (Å²) in [6.07, 6.45) is 0. The van der Waals surface area contributed by atoms with Crippen LogP contribution in [0.4, 0.5) is 5.69 Å². The van der Waals surface area contributed by atoms with Gasteiger partial charge in [0.25, 0.3) is 5.91 Å². The van der Waals surface area contributed by atoms with Crippen LogP contribution in [0.3, 0.4) is 0 Å². The number of benzene rings is 2. The maximum Gasteiger partial charge on any atom is 0.255 e. The standard InChI is InChI=1S/C21H26N2OS/c1-4-25-20-11-6-5-9-18(20)21(24)23-14-12-22(13-15-23)19-10-7-8-16(2)17(19)3/h5-11H,4,12-15H2,1-3H3. The van der Waals surface area contributed by atoms with Gasteiger partial charge in [-0.05, 0) is 48.9 Å². The maximum absolute atomic E-state index is 13.0. The van der Waals surface area contributed by atoms with Crippen molar-refractivity contribution in [1.29, 1.82) is 0 Å². The molecule has 0 N–H and O–H groups in total. The fraction of sp³-hybridized carbons (Fsp3) is 0.381. The highest BCUT2D eigenvalue weighted by molar-refractivity contribution is 7.99. The van der Waals surface area contributed by atoms with Gasteiger partial charge in [-0.25, -0.2) is 0 Å². The van der Waals surface area contributed by atoms with E-state index in [1.54, 1.807) is 11.8 Å². The second-order valence-electron chi connectivity index (χ2n) is 6.43. The van der Waals surface area contributed by atoms with Crippen molar-refractivity contribution in [3.8, 4) is 0 Å². The Bertz CT molecular complexity index is 751. The number of rotatable bonds is 4. The molecule has 2 aromatic rings. The van der Waals surface area contributed by atoms with Gasteiger partial charge in [-0.15, -0.1) is 11.8 Å². The quantitative estimate of drug-likeness (QED) is 0.762. The smallest absolute Gasteiger partial charge is 0.255 e. The van der Waals surface area contributed by atoms with Crippen molar-refractivity contribution in [2.75, 3.05) is 36.8 Å². The molecule has 0 aliphatic carbocycles. The molecule has 3 nitrogen and oxygen atoms in total. The van der Waals surface area contributed by atoms with Crippen molar-refractivity contribution in [2.45, 2.75) is 25.7 Å². The molecule has 1 aliphatic heterocycles. The molecular formula is C21H26N2OS. The lowest BCUT2D eigenvalue weighted by Crippen LogP contribution is -2.49. The van der Waals surface area contributed by atoms with E-state index in [0.717, 1.165) is 42.4 Å². The van der Waals surface area contributed by atoms with E-state index >= 15 is 0 Å². The molecule has 0 radical (unpaired) electrons. The predicted molar refractivity (Wildman–Crippen MR) is 107 cm³/mol. The summed E-state index contributed by atoms with van der Waals surface area (Å²) in [6, 6.07) is 14.4. The van der Waals surface area contributed by atoms with Gasteiger partial charge < -0.3 is 9.80 Å². The second kappa shape index (κ2) is 7.96. The summed E-state index contributed by atoms with van der Waals surface area (Å²) >= 11 is 1.74. The summed E-state index contributed by atoms with van der Waals surface area (Å²) in [6.45, 7) is 9.78. The Labute approximate surface area is 155 Å². The minimum absolute atomic E-state index is 0.164. The number of nitrogens with zero attached hydrogens (tertiary/aromatic N) is 2. The largest absolute Gasteiger partial charge is 0.368 e. The second-order valence-corrected chi connectivity index (χ2v) is 7.73. The average Bonchev–Trinajstić information content (AvgIpc) is 2.64. The Kier molecular flexibility index (Phi) is 5.69. The molecule has 0 unspecified atom stereocenters. The average molecular weight is 355 g/mol. The van der Waals surface area contributed by atoms with Crippen LogP contribution >= 0.6 is 11.8 Å². The van der Waals surface area contributed by atoms with Crippen LogP contribution in [-0.2, 0) is 0 Å². The van der Waals surface area contributed by atoms with Gasteiger partial charge in [-0.1, -0.05) is 31.2 Å². The zero-order chi connectivity index (χ0) is 17.8. The van der Waals surface area contributed by atoms with Gasteiger partial charge in [0.15, 0.2) is 0 Å². The van der Waals surface area contributed by atoms with E-state index in [1.807, 2.05) is 29.2 Å². The molecule has 3 rings (SSSR count). The molecule has 0 spiro atoms. The summed E-state index contributed by atoms with van der Waals surface area (Å²) < 4.78 is 0. The Morgan fingerprint density at radius 2 is 1.72 bits per heavy atom. The van der Waals surface area contributed by atoms with E-state index in [-0.39, 0.29) is 5.91 Å². The van der Waals surface area contributed by atoms with Gasteiger partial charge in [0.2, 0.25) is 0 Å². The summed E-state index contributed by atoms with van der Waals surface area (Å²) in [7, 11) is 0. The summed E-state index contributed by atoms with van der Waals surface area (Å²) in [5, 5.41) is 0. The zero-order valence-corrected chi connectivity index (χ0v) is 16.1. The first-order valence-electron chi connectivity index (χ1n) is 8.94. The number of amides is 1. The number of hydrogen-bond donors (Lipinski definition) is 0. The van der Waals surface area contributed by atoms with Crippen molar-refractivity contribution in [2.24, 2.45) is 0 Å². The highest BCUT2D eigenvalue weighted by Gasteiger charge is 2.24. The molecule has 1 saturated heterocycles. The Morgan fingerprint density at radius 3 is 2.44 bits per heavy atom. The number of carbonyl (C=O) groups is 1. The molecule has 25 heavy (non-hydrogen) atoms. The lowest BCUT2D eigenvalue weighted by atomic mass is 10.1. The van der Waals surface area contributed by atoms with E-state index in [4.69, 9.17) is 0 Å². The fourth-order valence-corrected chi connectivity index (χ4v) is 4.12. The highest BCUT2D eigenvalue weighted by atomic mass is 32.2. The normalized spacial score (nSPS) is 14.7. The van der Waals surface area contributed by atoms with E-state index in [0.29, 0.717) is 0 Å². The minimum Gasteiger partial charge on any atom is -0.368 e. The molecule has 0 aromatic heterocycles. The number of carbonyl (C=O) groups excluding carboxylic acids is 1. The van der Waals surface area contributed by atoms with Gasteiger partial charge in [0, 0.05) is 36.8 Å². The van der Waals surface area contributed by atoms with Gasteiger partial charge in [-0.2, -0.15) is 0 Å². The maximum atomic E-state index is 13.0. The first-order valence-corrected chi connectivity index (χ1v) is 9.92. The summed E-state index contributed by atoms with van der Waals surface area (Å²) in [5.74, 6) is 1.14. The van der Waals surface area contributed by atoms with Gasteiger partial charge in [0.1, 0.15) is 0 Å². The lowest BCUT2D eigenvalue weighted by molar-refractivity contribution is 0.0743. The van der Waals surface area contributed by atoms with Gasteiger partial charge >= 0.3 is 0 Å². The first-order chi connectivity index (χ1) is 12.1. The third-order valence-corrected chi connectivity index (χ3v) is 5.86. The third-order valence-electron chi connectivity index (χ3n) is 4.90. The Hall–Kier alpha value is -1.94. The molecule has 0 bridgehead atoms. The summed E-state index contributed by atoms with van der Waals surface area (Å²) in [4.78, 5) is 18.4. The summed E-state index contributed by atoms with van der Waals surface area (Å²) in [5.41, 5.74) is 4.80. The molecule has 1 heterocycles. The molecular weight excluding hydrogens is 328 g/mol. The van der Waals surface area contributed by atoms with E-state index in [1.165, 1.54) is 16.8 Å². The van der Waals surface area contributed by atoms with Crippen LogP contribution in [0.25, 0.3) is 0 Å². The first kappa shape index (κ1) is 17.9. The van der Waals surface area contributed by atoms with Crippen LogP contribution in [0.1, 0.15) is 28.4 Å². The van der Waals surface area contributed by atoms with Gasteiger partial charge in [0.05, 0.1) is 5.56 Å². The van der Waals surface area contributed by atoms with E-state index < -0.39 is 0 Å². The van der Waals surface area contributed by atoms with E-state index in [2.05, 4.69) is 43.9 Å². The predicted octanol–water partition coefficient (Wildman–Crippen LogP) is 4.38. The third kappa shape index (κ3) is 3.84. The fourth-order valence-electron chi connectivity index (χ4n) is 3.32. The number of anilines is 1. The molecule has 0 atom stereocenters. The van der Waals surface area contributed by atoms with Crippen LogP contribution in [0.15, 0.2) is 47.4 Å². The lowest BCUT2D eigenvalue weighted by Gasteiger charge is -2.37. The number of thioether (sulfide) groups is 1. The van der Waals surface area contributed by atoms with Crippen molar-refractivity contribution in [1.82, 2.24) is 4.90 Å². The van der Waals surface area contributed by atoms with Crippen molar-refractivity contribution in [3.05, 3.63) is 59.2 Å². The Balaban J connectivity index is 1.70. The molecule has 0 saturated carbocycles. The van der Waals surface area contributed by atoms with Crippen LogP contribution in [0.5, 0.6) is 0 Å². The van der Waals surface area contributed by atoms with Crippen LogP contribution in [0.2, 0.25) is 0 Å². The number of aryl methyl sites for hydroxylation is 1. The molecule has 132 valence electrons. The zero-order valence-electron chi connectivity index (χ0n) is 15.3. The molecule has 1 aliphatic rings. The van der Waals surface area contributed by atoms with E-state index in [9.17, 15) is 4.79 Å². The van der Waals surface area contributed by atoms with Crippen molar-refractivity contribution >= 4 is 23.4 Å². The van der Waals surface area contributed by atoms with Crippen LogP contribution in [0, 0.1) is 13.8 Å². The molecule has 1 fully saturated rings. The SMILES string of the molecule is CCSc1ccccc1C(=O)N1CCN(c2cccc(C)c2C)CC1. The van der Waals surface area contributed by atoms with Crippen LogP contribution < -0.4 is 4.90 Å². The highest BCUT2D eigenvalue weighted by Crippen LogP contribution is 2.26. The Morgan fingerprint density at radius 1 is 1.00 bits per heavy atom.